The molecule has 104 valence electrons. The number of halogens is 1. The first-order valence-electron chi connectivity index (χ1n) is 6.92. The van der Waals surface area contributed by atoms with E-state index in [0.29, 0.717) is 12.1 Å². The molecule has 19 heavy (non-hydrogen) atoms. The molecule has 0 saturated carbocycles. The monoisotopic (exact) mass is 263 g/mol. The van der Waals surface area contributed by atoms with E-state index in [4.69, 9.17) is 11.1 Å². The minimum absolute atomic E-state index is 0.205. The second-order valence-corrected chi connectivity index (χ2v) is 5.50. The maximum Gasteiger partial charge on any atom is 0.138 e. The number of hydrogen-bond donors (Lipinski definition) is 2. The molecule has 1 aromatic rings. The van der Waals surface area contributed by atoms with Gasteiger partial charge in [-0.3, -0.25) is 10.3 Å². The van der Waals surface area contributed by atoms with Crippen molar-refractivity contribution in [2.45, 2.75) is 32.7 Å². The van der Waals surface area contributed by atoms with Gasteiger partial charge in [-0.15, -0.1) is 0 Å². The van der Waals surface area contributed by atoms with Gasteiger partial charge in [-0.1, -0.05) is 19.1 Å². The summed E-state index contributed by atoms with van der Waals surface area (Å²) in [7, 11) is 0. The number of benzene rings is 1. The molecule has 2 rings (SSSR count). The first kappa shape index (κ1) is 14.0. The van der Waals surface area contributed by atoms with Crippen molar-refractivity contribution in [1.82, 2.24) is 4.90 Å². The highest BCUT2D eigenvalue weighted by atomic mass is 19.1. The molecule has 0 aromatic heterocycles. The SMILES string of the molecule is CC1CCCN(Cc2cccc(C(=N)N)c2F)CC1. The Bertz CT molecular complexity index is 459. The van der Waals surface area contributed by atoms with Crippen molar-refractivity contribution in [3.05, 3.63) is 35.1 Å². The second kappa shape index (κ2) is 6.15. The maximum atomic E-state index is 14.2. The van der Waals surface area contributed by atoms with Crippen LogP contribution in [0, 0.1) is 17.1 Å². The van der Waals surface area contributed by atoms with Gasteiger partial charge in [-0.25, -0.2) is 4.39 Å². The normalized spacial score (nSPS) is 21.1. The van der Waals surface area contributed by atoms with Crippen LogP contribution in [0.5, 0.6) is 0 Å². The Labute approximate surface area is 114 Å². The predicted molar refractivity (Wildman–Crippen MR) is 75.7 cm³/mol. The van der Waals surface area contributed by atoms with Crippen LogP contribution in [0.4, 0.5) is 4.39 Å². The third-order valence-electron chi connectivity index (χ3n) is 3.87. The van der Waals surface area contributed by atoms with E-state index in [0.717, 1.165) is 19.0 Å². The molecular weight excluding hydrogens is 241 g/mol. The lowest BCUT2D eigenvalue weighted by Crippen LogP contribution is -2.25. The molecule has 3 N–H and O–H groups in total. The Morgan fingerprint density at radius 1 is 1.42 bits per heavy atom. The van der Waals surface area contributed by atoms with Crippen molar-refractivity contribution in [1.29, 1.82) is 5.41 Å². The molecule has 0 radical (unpaired) electrons. The third kappa shape index (κ3) is 3.53. The van der Waals surface area contributed by atoms with Gasteiger partial charge in [0.2, 0.25) is 0 Å². The minimum Gasteiger partial charge on any atom is -0.384 e. The van der Waals surface area contributed by atoms with Crippen LogP contribution in [0.15, 0.2) is 18.2 Å². The lowest BCUT2D eigenvalue weighted by Gasteiger charge is -2.20. The molecule has 1 unspecified atom stereocenters. The summed E-state index contributed by atoms with van der Waals surface area (Å²) in [5.74, 6) is 0.217. The Morgan fingerprint density at radius 3 is 2.95 bits per heavy atom. The minimum atomic E-state index is -0.340. The summed E-state index contributed by atoms with van der Waals surface area (Å²) in [6.07, 6.45) is 3.61. The number of likely N-dealkylation sites (tertiary alicyclic amines) is 1. The molecule has 0 spiro atoms. The fourth-order valence-corrected chi connectivity index (χ4v) is 2.63. The van der Waals surface area contributed by atoms with Gasteiger partial charge in [-0.2, -0.15) is 0 Å². The lowest BCUT2D eigenvalue weighted by atomic mass is 10.0. The highest BCUT2D eigenvalue weighted by Crippen LogP contribution is 2.20. The predicted octanol–water partition coefficient (Wildman–Crippen LogP) is 2.73. The van der Waals surface area contributed by atoms with E-state index in [2.05, 4.69) is 11.8 Å². The van der Waals surface area contributed by atoms with Gasteiger partial charge < -0.3 is 5.73 Å². The van der Waals surface area contributed by atoms with Gasteiger partial charge in [0, 0.05) is 12.1 Å². The van der Waals surface area contributed by atoms with Crippen LogP contribution in [0.25, 0.3) is 0 Å². The Morgan fingerprint density at radius 2 is 2.21 bits per heavy atom. The van der Waals surface area contributed by atoms with E-state index in [9.17, 15) is 4.39 Å². The molecule has 1 heterocycles. The molecule has 1 aliphatic rings. The van der Waals surface area contributed by atoms with Crippen molar-refractivity contribution in [2.24, 2.45) is 11.7 Å². The number of rotatable bonds is 3. The molecule has 1 aromatic carbocycles. The summed E-state index contributed by atoms with van der Waals surface area (Å²) in [4.78, 5) is 2.30. The molecule has 0 bridgehead atoms. The summed E-state index contributed by atoms with van der Waals surface area (Å²) in [5, 5.41) is 7.38. The molecule has 1 atom stereocenters. The zero-order chi connectivity index (χ0) is 13.8. The topological polar surface area (TPSA) is 53.1 Å². The molecule has 0 amide bonds. The number of amidine groups is 1. The number of nitrogen functional groups attached to an aromatic ring is 1. The molecule has 1 saturated heterocycles. The van der Waals surface area contributed by atoms with E-state index in [1.807, 2.05) is 0 Å². The van der Waals surface area contributed by atoms with Crippen LogP contribution < -0.4 is 5.73 Å². The van der Waals surface area contributed by atoms with Crippen LogP contribution in [-0.4, -0.2) is 23.8 Å². The van der Waals surface area contributed by atoms with Crippen LogP contribution in [-0.2, 0) is 6.54 Å². The quantitative estimate of drug-likeness (QED) is 0.651. The Kier molecular flexibility index (Phi) is 4.53. The van der Waals surface area contributed by atoms with Crippen molar-refractivity contribution in [3.8, 4) is 0 Å². The van der Waals surface area contributed by atoms with Gasteiger partial charge in [-0.05, 0) is 44.3 Å². The molecular formula is C15H22FN3. The first-order valence-corrected chi connectivity index (χ1v) is 6.92. The summed E-state index contributed by atoms with van der Waals surface area (Å²) in [6, 6.07) is 5.12. The molecule has 1 fully saturated rings. The van der Waals surface area contributed by atoms with Gasteiger partial charge >= 0.3 is 0 Å². The van der Waals surface area contributed by atoms with Crippen molar-refractivity contribution in [2.75, 3.05) is 13.1 Å². The van der Waals surface area contributed by atoms with Gasteiger partial charge in [0.25, 0.3) is 0 Å². The molecule has 1 aliphatic heterocycles. The number of nitrogens with one attached hydrogen (secondary N) is 1. The zero-order valence-corrected chi connectivity index (χ0v) is 11.5. The third-order valence-corrected chi connectivity index (χ3v) is 3.87. The van der Waals surface area contributed by atoms with Gasteiger partial charge in [0.1, 0.15) is 11.7 Å². The summed E-state index contributed by atoms with van der Waals surface area (Å²) >= 11 is 0. The maximum absolute atomic E-state index is 14.2. The van der Waals surface area contributed by atoms with E-state index >= 15 is 0 Å². The number of nitrogens with two attached hydrogens (primary N) is 1. The standard InChI is InChI=1S/C15H22FN3/c1-11-4-3-8-19(9-7-11)10-12-5-2-6-13(14(12)16)15(17)18/h2,5-6,11H,3-4,7-10H2,1H3,(H3,17,18). The van der Waals surface area contributed by atoms with Crippen molar-refractivity contribution >= 4 is 5.84 Å². The Hall–Kier alpha value is -1.42. The van der Waals surface area contributed by atoms with E-state index in [-0.39, 0.29) is 17.2 Å². The average molecular weight is 263 g/mol. The largest absolute Gasteiger partial charge is 0.384 e. The van der Waals surface area contributed by atoms with Gasteiger partial charge in [0.15, 0.2) is 0 Å². The summed E-state index contributed by atoms with van der Waals surface area (Å²) in [6.45, 7) is 4.93. The molecule has 0 aliphatic carbocycles. The summed E-state index contributed by atoms with van der Waals surface area (Å²) in [5.41, 5.74) is 6.24. The Balaban J connectivity index is 2.10. The van der Waals surface area contributed by atoms with Crippen LogP contribution in [0.2, 0.25) is 0 Å². The second-order valence-electron chi connectivity index (χ2n) is 5.50. The number of nitrogens with zero attached hydrogens (tertiary/aromatic N) is 1. The average Bonchev–Trinajstić information content (AvgIpc) is 2.57. The van der Waals surface area contributed by atoms with E-state index < -0.39 is 0 Å². The van der Waals surface area contributed by atoms with E-state index in [1.165, 1.54) is 19.3 Å². The highest BCUT2D eigenvalue weighted by molar-refractivity contribution is 5.95. The van der Waals surface area contributed by atoms with Crippen molar-refractivity contribution in [3.63, 3.8) is 0 Å². The number of hydrogen-bond acceptors (Lipinski definition) is 2. The molecule has 4 heteroatoms. The van der Waals surface area contributed by atoms with E-state index in [1.54, 1.807) is 18.2 Å². The molecule has 3 nitrogen and oxygen atoms in total. The fraction of sp³-hybridized carbons (Fsp3) is 0.533. The smallest absolute Gasteiger partial charge is 0.138 e. The van der Waals surface area contributed by atoms with Crippen LogP contribution in [0.1, 0.15) is 37.3 Å². The summed E-state index contributed by atoms with van der Waals surface area (Å²) < 4.78 is 14.2. The van der Waals surface area contributed by atoms with Crippen molar-refractivity contribution < 1.29 is 4.39 Å². The first-order chi connectivity index (χ1) is 9.08. The fourth-order valence-electron chi connectivity index (χ4n) is 2.63. The van der Waals surface area contributed by atoms with Gasteiger partial charge in [0.05, 0.1) is 5.56 Å². The van der Waals surface area contributed by atoms with Crippen LogP contribution >= 0.6 is 0 Å². The lowest BCUT2D eigenvalue weighted by molar-refractivity contribution is 0.269. The highest BCUT2D eigenvalue weighted by Gasteiger charge is 2.17. The zero-order valence-electron chi connectivity index (χ0n) is 11.5. The van der Waals surface area contributed by atoms with Crippen LogP contribution in [0.3, 0.4) is 0 Å².